The highest BCUT2D eigenvalue weighted by atomic mass is 16.5. The van der Waals surface area contributed by atoms with Crippen LogP contribution >= 0.6 is 0 Å². The number of carbonyl (C=O) groups is 3. The van der Waals surface area contributed by atoms with E-state index in [0.29, 0.717) is 22.9 Å². The molecule has 9 nitrogen and oxygen atoms in total. The minimum Gasteiger partial charge on any atom is -0.493 e. The lowest BCUT2D eigenvalue weighted by Gasteiger charge is -2.11. The second-order valence-electron chi connectivity index (χ2n) is 5.78. The number of urea groups is 1. The van der Waals surface area contributed by atoms with Gasteiger partial charge in [0.1, 0.15) is 0 Å². The Bertz CT molecular complexity index is 841. The number of para-hydroxylation sites is 1. The Morgan fingerprint density at radius 2 is 1.59 bits per heavy atom. The molecule has 0 saturated carbocycles. The molecule has 0 unspecified atom stereocenters. The van der Waals surface area contributed by atoms with Crippen LogP contribution in [0, 0.1) is 0 Å². The summed E-state index contributed by atoms with van der Waals surface area (Å²) in [6.45, 7) is -0.363. The molecule has 2 aromatic rings. The van der Waals surface area contributed by atoms with Crippen molar-refractivity contribution in [2.75, 3.05) is 38.0 Å². The van der Waals surface area contributed by atoms with E-state index >= 15 is 0 Å². The average molecular weight is 401 g/mol. The molecule has 0 aliphatic rings. The van der Waals surface area contributed by atoms with Gasteiger partial charge in [0.05, 0.1) is 20.6 Å². The Balaban J connectivity index is 1.67. The van der Waals surface area contributed by atoms with Gasteiger partial charge in [0.2, 0.25) is 0 Å². The van der Waals surface area contributed by atoms with Crippen molar-refractivity contribution in [2.45, 2.75) is 6.42 Å². The number of benzene rings is 2. The number of methoxy groups -OCH3 is 2. The zero-order chi connectivity index (χ0) is 21.1. The van der Waals surface area contributed by atoms with Gasteiger partial charge in [-0.15, -0.1) is 0 Å². The molecule has 2 aromatic carbocycles. The normalized spacial score (nSPS) is 9.86. The number of amides is 3. The van der Waals surface area contributed by atoms with Crippen molar-refractivity contribution in [1.82, 2.24) is 5.32 Å². The standard InChI is InChI=1S/C20H23N3O6/c1-27-16-9-8-15(12-17(16)28-2)22-18(24)13-29-19(25)10-11-21-20(26)23-14-6-4-3-5-7-14/h3-9,12H,10-11,13H2,1-2H3,(H,22,24)(H2,21,23,26). The third-order valence-corrected chi connectivity index (χ3v) is 3.68. The van der Waals surface area contributed by atoms with Gasteiger partial charge < -0.3 is 30.2 Å². The van der Waals surface area contributed by atoms with Gasteiger partial charge >= 0.3 is 12.0 Å². The van der Waals surface area contributed by atoms with Crippen molar-refractivity contribution in [1.29, 1.82) is 0 Å². The Labute approximate surface area is 168 Å². The highest BCUT2D eigenvalue weighted by molar-refractivity contribution is 5.93. The van der Waals surface area contributed by atoms with Crippen LogP contribution in [0.4, 0.5) is 16.2 Å². The van der Waals surface area contributed by atoms with Crippen molar-refractivity contribution >= 4 is 29.3 Å². The molecule has 0 aliphatic heterocycles. The van der Waals surface area contributed by atoms with Crippen LogP contribution in [0.2, 0.25) is 0 Å². The first-order valence-electron chi connectivity index (χ1n) is 8.79. The van der Waals surface area contributed by atoms with Gasteiger partial charge in [-0.05, 0) is 24.3 Å². The third kappa shape index (κ3) is 7.41. The summed E-state index contributed by atoms with van der Waals surface area (Å²) >= 11 is 0. The lowest BCUT2D eigenvalue weighted by molar-refractivity contribution is -0.147. The molecule has 0 heterocycles. The summed E-state index contributed by atoms with van der Waals surface area (Å²) < 4.78 is 15.2. The largest absolute Gasteiger partial charge is 0.493 e. The van der Waals surface area contributed by atoms with Gasteiger partial charge in [-0.3, -0.25) is 9.59 Å². The van der Waals surface area contributed by atoms with E-state index < -0.39 is 24.5 Å². The molecule has 2 rings (SSSR count). The maximum atomic E-state index is 11.9. The number of carbonyl (C=O) groups excluding carboxylic acids is 3. The topological polar surface area (TPSA) is 115 Å². The summed E-state index contributed by atoms with van der Waals surface area (Å²) in [5.74, 6) is -0.115. The van der Waals surface area contributed by atoms with Crippen molar-refractivity contribution in [3.05, 3.63) is 48.5 Å². The van der Waals surface area contributed by atoms with Crippen molar-refractivity contribution in [3.63, 3.8) is 0 Å². The van der Waals surface area contributed by atoms with E-state index in [1.807, 2.05) is 6.07 Å². The molecule has 0 radical (unpaired) electrons. The van der Waals surface area contributed by atoms with E-state index in [0.717, 1.165) is 0 Å². The number of nitrogens with one attached hydrogen (secondary N) is 3. The van der Waals surface area contributed by atoms with Crippen molar-refractivity contribution < 1.29 is 28.6 Å². The van der Waals surface area contributed by atoms with Crippen LogP contribution in [0.15, 0.2) is 48.5 Å². The molecule has 0 aromatic heterocycles. The minimum atomic E-state index is -0.604. The number of rotatable bonds is 9. The Morgan fingerprint density at radius 1 is 0.862 bits per heavy atom. The average Bonchev–Trinajstić information content (AvgIpc) is 2.73. The highest BCUT2D eigenvalue weighted by Crippen LogP contribution is 2.29. The van der Waals surface area contributed by atoms with E-state index in [4.69, 9.17) is 14.2 Å². The molecular weight excluding hydrogens is 378 g/mol. The van der Waals surface area contributed by atoms with Crippen LogP contribution in [0.25, 0.3) is 0 Å². The molecule has 0 spiro atoms. The van der Waals surface area contributed by atoms with Crippen LogP contribution < -0.4 is 25.4 Å². The summed E-state index contributed by atoms with van der Waals surface area (Å²) in [6, 6.07) is 13.3. The molecule has 3 amide bonds. The number of anilines is 2. The molecule has 9 heteroatoms. The molecule has 0 aliphatic carbocycles. The maximum absolute atomic E-state index is 11.9. The maximum Gasteiger partial charge on any atom is 0.319 e. The lowest BCUT2D eigenvalue weighted by Crippen LogP contribution is -2.31. The summed E-state index contributed by atoms with van der Waals surface area (Å²) in [5.41, 5.74) is 1.11. The fraction of sp³-hybridized carbons (Fsp3) is 0.250. The highest BCUT2D eigenvalue weighted by Gasteiger charge is 2.11. The smallest absolute Gasteiger partial charge is 0.319 e. The minimum absolute atomic E-state index is 0.0636. The monoisotopic (exact) mass is 401 g/mol. The van der Waals surface area contributed by atoms with Gasteiger partial charge in [-0.25, -0.2) is 4.79 Å². The van der Waals surface area contributed by atoms with Gasteiger partial charge in [0.15, 0.2) is 18.1 Å². The third-order valence-electron chi connectivity index (χ3n) is 3.68. The zero-order valence-electron chi connectivity index (χ0n) is 16.2. The number of esters is 1. The molecule has 0 fully saturated rings. The Hall–Kier alpha value is -3.75. The van der Waals surface area contributed by atoms with Gasteiger partial charge in [-0.2, -0.15) is 0 Å². The van der Waals surface area contributed by atoms with Crippen LogP contribution in [0.1, 0.15) is 6.42 Å². The van der Waals surface area contributed by atoms with Gasteiger partial charge in [0, 0.05) is 24.0 Å². The lowest BCUT2D eigenvalue weighted by atomic mass is 10.2. The van der Waals surface area contributed by atoms with Crippen LogP contribution in [-0.4, -0.2) is 45.3 Å². The Kier molecular flexibility index (Phi) is 8.30. The second-order valence-corrected chi connectivity index (χ2v) is 5.78. The summed E-state index contributed by atoms with van der Waals surface area (Å²) in [5, 5.41) is 7.75. The van der Waals surface area contributed by atoms with Gasteiger partial charge in [-0.1, -0.05) is 18.2 Å². The Morgan fingerprint density at radius 3 is 2.28 bits per heavy atom. The van der Waals surface area contributed by atoms with Crippen LogP contribution in [0.3, 0.4) is 0 Å². The predicted molar refractivity (Wildman–Crippen MR) is 107 cm³/mol. The zero-order valence-corrected chi connectivity index (χ0v) is 16.2. The first-order valence-corrected chi connectivity index (χ1v) is 8.79. The van der Waals surface area contributed by atoms with E-state index in [2.05, 4.69) is 16.0 Å². The van der Waals surface area contributed by atoms with Crippen LogP contribution in [-0.2, 0) is 14.3 Å². The SMILES string of the molecule is COc1ccc(NC(=O)COC(=O)CCNC(=O)Nc2ccccc2)cc1OC. The van der Waals surface area contributed by atoms with Gasteiger partial charge in [0.25, 0.3) is 5.91 Å². The fourth-order valence-electron chi connectivity index (χ4n) is 2.30. The quantitative estimate of drug-likeness (QED) is 0.556. The van der Waals surface area contributed by atoms with Crippen molar-refractivity contribution in [3.8, 4) is 11.5 Å². The van der Waals surface area contributed by atoms with Crippen LogP contribution in [0.5, 0.6) is 11.5 Å². The number of hydrogen-bond donors (Lipinski definition) is 3. The molecule has 154 valence electrons. The summed E-state index contributed by atoms with van der Waals surface area (Å²) in [6.07, 6.45) is -0.0636. The first-order chi connectivity index (χ1) is 14.0. The van der Waals surface area contributed by atoms with E-state index in [9.17, 15) is 14.4 Å². The summed E-state index contributed by atoms with van der Waals surface area (Å²) in [4.78, 5) is 35.3. The second kappa shape index (κ2) is 11.2. The molecule has 29 heavy (non-hydrogen) atoms. The number of hydrogen-bond acceptors (Lipinski definition) is 6. The predicted octanol–water partition coefficient (Wildman–Crippen LogP) is 2.40. The molecule has 0 atom stereocenters. The van der Waals surface area contributed by atoms with E-state index in [1.165, 1.54) is 14.2 Å². The first kappa shape index (κ1) is 21.5. The fourth-order valence-corrected chi connectivity index (χ4v) is 2.30. The van der Waals surface area contributed by atoms with Crippen molar-refractivity contribution in [2.24, 2.45) is 0 Å². The molecule has 0 bridgehead atoms. The van der Waals surface area contributed by atoms with E-state index in [-0.39, 0.29) is 13.0 Å². The summed E-state index contributed by atoms with van der Waals surface area (Å²) in [7, 11) is 3.00. The molecule has 3 N–H and O–H groups in total. The van der Waals surface area contributed by atoms with E-state index in [1.54, 1.807) is 42.5 Å². The molecular formula is C20H23N3O6. The number of ether oxygens (including phenoxy) is 3. The molecule has 0 saturated heterocycles.